The van der Waals surface area contributed by atoms with Gasteiger partial charge < -0.3 is 9.84 Å². The molecule has 2 heteroatoms. The lowest BCUT2D eigenvalue weighted by atomic mass is 9.84. The van der Waals surface area contributed by atoms with Crippen LogP contribution >= 0.6 is 0 Å². The van der Waals surface area contributed by atoms with Gasteiger partial charge in [-0.3, -0.25) is 0 Å². The van der Waals surface area contributed by atoms with Crippen molar-refractivity contribution < 1.29 is 9.84 Å². The molecule has 1 heterocycles. The van der Waals surface area contributed by atoms with Gasteiger partial charge in [0.05, 0.1) is 18.6 Å². The summed E-state index contributed by atoms with van der Waals surface area (Å²) in [5.74, 6) is 0. The molecule has 0 amide bonds. The third kappa shape index (κ3) is 1.30. The molecule has 1 atom stereocenters. The number of ether oxygens (including phenoxy) is 1. The molecular weight excluding hydrogens is 176 g/mol. The Morgan fingerprint density at radius 3 is 2.86 bits per heavy atom. The van der Waals surface area contributed by atoms with Crippen LogP contribution in [0.1, 0.15) is 27.2 Å². The lowest BCUT2D eigenvalue weighted by Gasteiger charge is -2.22. The van der Waals surface area contributed by atoms with E-state index in [9.17, 15) is 5.11 Å². The highest BCUT2D eigenvalue weighted by Gasteiger charge is 2.37. The van der Waals surface area contributed by atoms with Gasteiger partial charge in [-0.05, 0) is 36.0 Å². The maximum absolute atomic E-state index is 9.66. The molecule has 0 aromatic heterocycles. The van der Waals surface area contributed by atoms with Crippen molar-refractivity contribution in [3.63, 3.8) is 0 Å². The van der Waals surface area contributed by atoms with Gasteiger partial charge in [0.1, 0.15) is 0 Å². The van der Waals surface area contributed by atoms with Crippen LogP contribution in [-0.4, -0.2) is 11.2 Å². The average molecular weight is 192 g/mol. The summed E-state index contributed by atoms with van der Waals surface area (Å²) in [6.45, 7) is 6.18. The van der Waals surface area contributed by atoms with Gasteiger partial charge in [-0.1, -0.05) is 13.8 Å². The third-order valence-electron chi connectivity index (χ3n) is 3.00. The molecule has 0 fully saturated rings. The van der Waals surface area contributed by atoms with Crippen LogP contribution < -0.4 is 0 Å². The lowest BCUT2D eigenvalue weighted by Crippen LogP contribution is -2.12. The zero-order valence-electron chi connectivity index (χ0n) is 8.87. The van der Waals surface area contributed by atoms with Gasteiger partial charge in [-0.15, -0.1) is 0 Å². The molecule has 0 saturated heterocycles. The van der Waals surface area contributed by atoms with Crippen molar-refractivity contribution in [2.24, 2.45) is 5.41 Å². The van der Waals surface area contributed by atoms with E-state index in [2.05, 4.69) is 13.8 Å². The number of fused-ring (bicyclic) bond motifs is 1. The van der Waals surface area contributed by atoms with Crippen LogP contribution in [0.15, 0.2) is 35.3 Å². The average Bonchev–Trinajstić information content (AvgIpc) is 2.40. The van der Waals surface area contributed by atoms with E-state index >= 15 is 0 Å². The minimum atomic E-state index is -0.363. The van der Waals surface area contributed by atoms with Crippen LogP contribution in [0.5, 0.6) is 0 Å². The standard InChI is InChI=1S/C12H16O2/c1-8(13)10-6-12(2,3)11-7-14-5-4-9(10)11/h4-5,7-8,13H,6H2,1-3H3. The molecule has 14 heavy (non-hydrogen) atoms. The fraction of sp³-hybridized carbons (Fsp3) is 0.500. The Morgan fingerprint density at radius 2 is 2.21 bits per heavy atom. The maximum atomic E-state index is 9.66. The SMILES string of the molecule is CC(O)C1=C2C=COC=C2C(C)(C)C1. The van der Waals surface area contributed by atoms with Crippen molar-refractivity contribution in [2.75, 3.05) is 0 Å². The van der Waals surface area contributed by atoms with Crippen molar-refractivity contribution in [2.45, 2.75) is 33.3 Å². The quantitative estimate of drug-likeness (QED) is 0.691. The first kappa shape index (κ1) is 9.53. The number of hydrogen-bond donors (Lipinski definition) is 1. The minimum absolute atomic E-state index is 0.0897. The van der Waals surface area contributed by atoms with Gasteiger partial charge in [0.15, 0.2) is 0 Å². The van der Waals surface area contributed by atoms with Crippen LogP contribution in [0.3, 0.4) is 0 Å². The van der Waals surface area contributed by atoms with Gasteiger partial charge in [0.2, 0.25) is 0 Å². The predicted octanol–water partition coefficient (Wildman–Crippen LogP) is 2.52. The van der Waals surface area contributed by atoms with Gasteiger partial charge in [-0.2, -0.15) is 0 Å². The molecule has 2 aliphatic rings. The van der Waals surface area contributed by atoms with Crippen molar-refractivity contribution in [1.29, 1.82) is 0 Å². The summed E-state index contributed by atoms with van der Waals surface area (Å²) in [6, 6.07) is 0. The summed E-state index contributed by atoms with van der Waals surface area (Å²) in [4.78, 5) is 0. The molecule has 0 aromatic rings. The first-order valence-corrected chi connectivity index (χ1v) is 4.96. The molecular formula is C12H16O2. The Hall–Kier alpha value is -1.02. The smallest absolute Gasteiger partial charge is 0.0944 e. The Balaban J connectivity index is 2.47. The number of rotatable bonds is 1. The van der Waals surface area contributed by atoms with E-state index in [1.54, 1.807) is 12.5 Å². The molecule has 2 rings (SSSR count). The Labute approximate surface area is 84.6 Å². The van der Waals surface area contributed by atoms with E-state index in [1.165, 1.54) is 5.57 Å². The van der Waals surface area contributed by atoms with E-state index in [0.717, 1.165) is 17.6 Å². The number of hydrogen-bond acceptors (Lipinski definition) is 2. The fourth-order valence-corrected chi connectivity index (χ4v) is 2.21. The highest BCUT2D eigenvalue weighted by Crippen LogP contribution is 2.48. The molecule has 76 valence electrons. The highest BCUT2D eigenvalue weighted by molar-refractivity contribution is 5.53. The number of allylic oxidation sites excluding steroid dienone is 3. The molecule has 0 bridgehead atoms. The summed E-state index contributed by atoms with van der Waals surface area (Å²) in [5.41, 5.74) is 3.58. The second kappa shape index (κ2) is 2.99. The molecule has 0 saturated carbocycles. The van der Waals surface area contributed by atoms with Crippen LogP contribution in [0.2, 0.25) is 0 Å². The Kier molecular flexibility index (Phi) is 2.04. The number of aliphatic hydroxyl groups is 1. The second-order valence-corrected chi connectivity index (χ2v) is 4.65. The van der Waals surface area contributed by atoms with Gasteiger partial charge in [-0.25, -0.2) is 0 Å². The van der Waals surface area contributed by atoms with E-state index in [1.807, 2.05) is 13.0 Å². The molecule has 1 N–H and O–H groups in total. The van der Waals surface area contributed by atoms with Crippen LogP contribution in [0, 0.1) is 5.41 Å². The molecule has 0 aromatic carbocycles. The largest absolute Gasteiger partial charge is 0.472 e. The van der Waals surface area contributed by atoms with E-state index in [-0.39, 0.29) is 11.5 Å². The zero-order chi connectivity index (χ0) is 10.3. The summed E-state index contributed by atoms with van der Waals surface area (Å²) in [7, 11) is 0. The highest BCUT2D eigenvalue weighted by atomic mass is 16.5. The van der Waals surface area contributed by atoms with Crippen molar-refractivity contribution >= 4 is 0 Å². The first-order valence-electron chi connectivity index (χ1n) is 4.96. The number of aliphatic hydroxyl groups excluding tert-OH is 1. The van der Waals surface area contributed by atoms with E-state index in [0.29, 0.717) is 0 Å². The lowest BCUT2D eigenvalue weighted by molar-refractivity contribution is 0.222. The van der Waals surface area contributed by atoms with Crippen LogP contribution in [0.25, 0.3) is 0 Å². The fourth-order valence-electron chi connectivity index (χ4n) is 2.21. The van der Waals surface area contributed by atoms with Gasteiger partial charge in [0.25, 0.3) is 0 Å². The van der Waals surface area contributed by atoms with Gasteiger partial charge in [0, 0.05) is 5.57 Å². The predicted molar refractivity (Wildman–Crippen MR) is 55.4 cm³/mol. The molecule has 0 radical (unpaired) electrons. The molecule has 1 aliphatic carbocycles. The monoisotopic (exact) mass is 192 g/mol. The summed E-state index contributed by atoms with van der Waals surface area (Å²) in [6.07, 6.45) is 5.97. The van der Waals surface area contributed by atoms with Crippen molar-refractivity contribution in [3.05, 3.63) is 35.3 Å². The first-order chi connectivity index (χ1) is 6.52. The second-order valence-electron chi connectivity index (χ2n) is 4.65. The summed E-state index contributed by atoms with van der Waals surface area (Å²) >= 11 is 0. The molecule has 1 unspecified atom stereocenters. The molecule has 1 aliphatic heterocycles. The summed E-state index contributed by atoms with van der Waals surface area (Å²) in [5, 5.41) is 9.66. The van der Waals surface area contributed by atoms with Crippen LogP contribution in [-0.2, 0) is 4.74 Å². The molecule has 0 spiro atoms. The Morgan fingerprint density at radius 1 is 1.50 bits per heavy atom. The third-order valence-corrected chi connectivity index (χ3v) is 3.00. The zero-order valence-corrected chi connectivity index (χ0v) is 8.87. The van der Waals surface area contributed by atoms with Crippen LogP contribution in [0.4, 0.5) is 0 Å². The maximum Gasteiger partial charge on any atom is 0.0944 e. The minimum Gasteiger partial charge on any atom is -0.472 e. The van der Waals surface area contributed by atoms with E-state index < -0.39 is 0 Å². The van der Waals surface area contributed by atoms with Crippen molar-refractivity contribution in [1.82, 2.24) is 0 Å². The topological polar surface area (TPSA) is 29.5 Å². The Bertz CT molecular complexity index is 343. The molecule has 2 nitrogen and oxygen atoms in total. The van der Waals surface area contributed by atoms with Crippen molar-refractivity contribution in [3.8, 4) is 0 Å². The van der Waals surface area contributed by atoms with Gasteiger partial charge >= 0.3 is 0 Å². The van der Waals surface area contributed by atoms with E-state index in [4.69, 9.17) is 4.74 Å². The summed E-state index contributed by atoms with van der Waals surface area (Å²) < 4.78 is 5.19. The normalized spacial score (nSPS) is 25.6.